The van der Waals surface area contributed by atoms with Crippen LogP contribution in [-0.4, -0.2) is 20.9 Å². The Balaban J connectivity index is 2.39. The van der Waals surface area contributed by atoms with Crippen LogP contribution in [0, 0.1) is 0 Å². The number of hydrogen-bond donors (Lipinski definition) is 3. The third-order valence-corrected chi connectivity index (χ3v) is 2.60. The molecule has 3 N–H and O–H groups in total. The Kier molecular flexibility index (Phi) is 4.92. The maximum atomic E-state index is 3.55. The molecule has 1 rings (SSSR count). The summed E-state index contributed by atoms with van der Waals surface area (Å²) in [5.74, 6) is 0. The smallest absolute Gasteiger partial charge is 0.284 e. The van der Waals surface area contributed by atoms with Gasteiger partial charge in [0.1, 0.15) is 0 Å². The van der Waals surface area contributed by atoms with Crippen LogP contribution in [0.2, 0.25) is 19.0 Å². The van der Waals surface area contributed by atoms with Gasteiger partial charge in [0.15, 0.2) is 0 Å². The molecule has 0 unspecified atom stereocenters. The van der Waals surface area contributed by atoms with Crippen LogP contribution in [0.1, 0.15) is 27.2 Å². The van der Waals surface area contributed by atoms with Crippen LogP contribution in [-0.2, 0) is 0 Å². The Morgan fingerprint density at radius 3 is 1.62 bits per heavy atom. The molecule has 1 heterocycles. The molecule has 0 bridgehead atoms. The minimum atomic E-state index is 0.489. The van der Waals surface area contributed by atoms with E-state index in [1.165, 1.54) is 12.7 Å². The van der Waals surface area contributed by atoms with E-state index in [0.717, 1.165) is 12.6 Å². The first-order chi connectivity index (χ1) is 6.30. The van der Waals surface area contributed by atoms with Gasteiger partial charge in [-0.2, -0.15) is 0 Å². The zero-order valence-corrected chi connectivity index (χ0v) is 9.06. The van der Waals surface area contributed by atoms with Crippen LogP contribution in [0.3, 0.4) is 0 Å². The molecule has 0 aromatic heterocycles. The molecule has 13 heavy (non-hydrogen) atoms. The van der Waals surface area contributed by atoms with Gasteiger partial charge in [0, 0.05) is 0 Å². The monoisotopic (exact) mass is 179 g/mol. The SMILES string of the molecule is CCCB1NB(CC)NB(CC)N1. The summed E-state index contributed by atoms with van der Waals surface area (Å²) in [6.07, 6.45) is 4.75. The summed E-state index contributed by atoms with van der Waals surface area (Å²) < 4.78 is 0. The number of hydrogen-bond acceptors (Lipinski definition) is 3. The van der Waals surface area contributed by atoms with Gasteiger partial charge in [0.05, 0.1) is 0 Å². The lowest BCUT2D eigenvalue weighted by Gasteiger charge is -2.32. The maximum Gasteiger partial charge on any atom is 0.284 e. The molecule has 0 spiro atoms. The van der Waals surface area contributed by atoms with E-state index >= 15 is 0 Å². The highest BCUT2D eigenvalue weighted by Crippen LogP contribution is 1.99. The lowest BCUT2D eigenvalue weighted by atomic mass is 9.46. The van der Waals surface area contributed by atoms with E-state index in [4.69, 9.17) is 0 Å². The molecule has 6 heteroatoms. The van der Waals surface area contributed by atoms with Gasteiger partial charge >= 0.3 is 0 Å². The molecule has 72 valence electrons. The predicted molar refractivity (Wildman–Crippen MR) is 62.7 cm³/mol. The Morgan fingerprint density at radius 1 is 0.769 bits per heavy atom. The van der Waals surface area contributed by atoms with Gasteiger partial charge < -0.3 is 15.4 Å². The van der Waals surface area contributed by atoms with Gasteiger partial charge in [0.25, 0.3) is 20.9 Å². The zero-order chi connectivity index (χ0) is 9.68. The molecule has 0 aliphatic carbocycles. The molecule has 1 aliphatic heterocycles. The van der Waals surface area contributed by atoms with E-state index in [1.807, 2.05) is 0 Å². The van der Waals surface area contributed by atoms with Gasteiger partial charge in [-0.05, 0) is 19.0 Å². The van der Waals surface area contributed by atoms with Crippen LogP contribution in [0.4, 0.5) is 0 Å². The summed E-state index contributed by atoms with van der Waals surface area (Å²) in [5.41, 5.74) is 0. The summed E-state index contributed by atoms with van der Waals surface area (Å²) in [7, 11) is 0. The van der Waals surface area contributed by atoms with Gasteiger partial charge in [-0.25, -0.2) is 0 Å². The highest BCUT2D eigenvalue weighted by atomic mass is 15.0. The van der Waals surface area contributed by atoms with Crippen molar-refractivity contribution in [2.75, 3.05) is 0 Å². The fourth-order valence-electron chi connectivity index (χ4n) is 1.80. The number of nitrogens with one attached hydrogen (secondary N) is 3. The van der Waals surface area contributed by atoms with E-state index in [-0.39, 0.29) is 0 Å². The number of rotatable bonds is 4. The molecular formula is C7H20B3N3. The van der Waals surface area contributed by atoms with Crippen molar-refractivity contribution in [3.8, 4) is 0 Å². The average Bonchev–Trinajstić information content (AvgIpc) is 2.17. The summed E-state index contributed by atoms with van der Waals surface area (Å²) in [6.45, 7) is 8.14. The molecule has 1 aliphatic rings. The van der Waals surface area contributed by atoms with Crippen molar-refractivity contribution in [3.63, 3.8) is 0 Å². The lowest BCUT2D eigenvalue weighted by molar-refractivity contribution is 0.994. The first-order valence-corrected chi connectivity index (χ1v) is 5.58. The summed E-state index contributed by atoms with van der Waals surface area (Å²) >= 11 is 0. The fraction of sp³-hybridized carbons (Fsp3) is 1.00. The highest BCUT2D eigenvalue weighted by Gasteiger charge is 2.31. The van der Waals surface area contributed by atoms with Gasteiger partial charge in [-0.3, -0.25) is 0 Å². The third kappa shape index (κ3) is 3.37. The summed E-state index contributed by atoms with van der Waals surface area (Å²) in [5, 5.41) is 10.6. The molecular weight excluding hydrogens is 159 g/mol. The second-order valence-electron chi connectivity index (χ2n) is 3.76. The zero-order valence-electron chi connectivity index (χ0n) is 9.06. The normalized spacial score (nSPS) is 18.2. The average molecular weight is 179 g/mol. The molecule has 0 radical (unpaired) electrons. The van der Waals surface area contributed by atoms with Crippen LogP contribution in [0.5, 0.6) is 0 Å². The van der Waals surface area contributed by atoms with Crippen molar-refractivity contribution in [1.29, 1.82) is 0 Å². The maximum absolute atomic E-state index is 3.55. The van der Waals surface area contributed by atoms with E-state index in [0.29, 0.717) is 20.9 Å². The van der Waals surface area contributed by atoms with Crippen LogP contribution in [0.15, 0.2) is 0 Å². The Bertz CT molecular complexity index is 135. The fourth-order valence-corrected chi connectivity index (χ4v) is 1.80. The highest BCUT2D eigenvalue weighted by molar-refractivity contribution is 6.87. The minimum Gasteiger partial charge on any atom is -0.371 e. The first-order valence-electron chi connectivity index (χ1n) is 5.58. The summed E-state index contributed by atoms with van der Waals surface area (Å²) in [4.78, 5) is 0. The van der Waals surface area contributed by atoms with Crippen molar-refractivity contribution < 1.29 is 0 Å². The molecule has 1 fully saturated rings. The van der Waals surface area contributed by atoms with E-state index < -0.39 is 0 Å². The van der Waals surface area contributed by atoms with Gasteiger partial charge in [0.2, 0.25) is 0 Å². The molecule has 0 amide bonds. The largest absolute Gasteiger partial charge is 0.371 e. The predicted octanol–water partition coefficient (Wildman–Crippen LogP) is 0.683. The van der Waals surface area contributed by atoms with E-state index in [2.05, 4.69) is 36.2 Å². The van der Waals surface area contributed by atoms with Crippen molar-refractivity contribution in [1.82, 2.24) is 15.4 Å². The standard InChI is InChI=1S/C7H20B3N3/c1-4-7-10-12-8(5-2)11-9(6-3)13-10/h11-13H,4-7H2,1-3H3. The third-order valence-electron chi connectivity index (χ3n) is 2.60. The quantitative estimate of drug-likeness (QED) is 0.555. The Hall–Kier alpha value is 0.0748. The van der Waals surface area contributed by atoms with Crippen molar-refractivity contribution in [2.24, 2.45) is 0 Å². The molecule has 0 aromatic rings. The molecule has 0 aromatic carbocycles. The van der Waals surface area contributed by atoms with Crippen molar-refractivity contribution >= 4 is 20.9 Å². The second-order valence-corrected chi connectivity index (χ2v) is 3.76. The molecule has 3 nitrogen and oxygen atoms in total. The molecule has 1 saturated heterocycles. The Morgan fingerprint density at radius 2 is 1.23 bits per heavy atom. The minimum absolute atomic E-state index is 0.489. The van der Waals surface area contributed by atoms with Gasteiger partial charge in [-0.15, -0.1) is 0 Å². The first kappa shape index (κ1) is 11.2. The summed E-state index contributed by atoms with van der Waals surface area (Å²) in [6, 6.07) is 0. The topological polar surface area (TPSA) is 36.1 Å². The Labute approximate surface area is 83.2 Å². The molecule has 0 atom stereocenters. The van der Waals surface area contributed by atoms with Crippen LogP contribution < -0.4 is 15.4 Å². The van der Waals surface area contributed by atoms with Crippen LogP contribution >= 0.6 is 0 Å². The van der Waals surface area contributed by atoms with E-state index in [1.54, 1.807) is 0 Å². The van der Waals surface area contributed by atoms with E-state index in [9.17, 15) is 0 Å². The van der Waals surface area contributed by atoms with Crippen molar-refractivity contribution in [3.05, 3.63) is 0 Å². The van der Waals surface area contributed by atoms with Gasteiger partial charge in [-0.1, -0.05) is 27.2 Å². The molecule has 0 saturated carbocycles. The second kappa shape index (κ2) is 5.73. The lowest BCUT2D eigenvalue weighted by Crippen LogP contribution is -2.74. The van der Waals surface area contributed by atoms with Crippen molar-refractivity contribution in [2.45, 2.75) is 46.2 Å². The van der Waals surface area contributed by atoms with Crippen LogP contribution in [0.25, 0.3) is 0 Å².